The molecule has 2 aromatic heterocycles. The number of allylic oxidation sites excluding steroid dienone is 1. The van der Waals surface area contributed by atoms with Gasteiger partial charge in [-0.25, -0.2) is 4.39 Å². The Balaban J connectivity index is 1.06. The molecule has 49 heavy (non-hydrogen) atoms. The van der Waals surface area contributed by atoms with Crippen LogP contribution in [0.15, 0.2) is 158 Å². The van der Waals surface area contributed by atoms with Crippen LogP contribution in [-0.4, -0.2) is 9.13 Å². The molecule has 0 saturated carbocycles. The second-order valence-electron chi connectivity index (χ2n) is 13.1. The van der Waals surface area contributed by atoms with E-state index < -0.39 is 0 Å². The van der Waals surface area contributed by atoms with Crippen molar-refractivity contribution in [3.63, 3.8) is 0 Å². The monoisotopic (exact) mass is 630 g/mol. The van der Waals surface area contributed by atoms with Crippen LogP contribution in [0.1, 0.15) is 23.2 Å². The summed E-state index contributed by atoms with van der Waals surface area (Å²) in [5.41, 5.74) is 13.2. The second kappa shape index (κ2) is 10.9. The number of nitrogens with zero attached hydrogens (tertiary/aromatic N) is 2. The molecule has 7 aromatic carbocycles. The highest BCUT2D eigenvalue weighted by Gasteiger charge is 2.22. The molecule has 3 heteroatoms. The number of aromatic nitrogens is 2. The molecule has 0 atom stereocenters. The molecule has 10 rings (SSSR count). The molecule has 0 saturated heterocycles. The lowest BCUT2D eigenvalue weighted by molar-refractivity contribution is 0.627. The van der Waals surface area contributed by atoms with E-state index in [2.05, 4.69) is 149 Å². The molecule has 1 aliphatic carbocycles. The number of rotatable bonds is 4. The molecular weight excluding hydrogens is 600 g/mol. The van der Waals surface area contributed by atoms with Crippen molar-refractivity contribution < 1.29 is 4.39 Å². The largest absolute Gasteiger partial charge is 0.310 e. The van der Waals surface area contributed by atoms with Crippen LogP contribution in [0.25, 0.3) is 77.6 Å². The minimum absolute atomic E-state index is 0.222. The van der Waals surface area contributed by atoms with E-state index in [1.165, 1.54) is 77.2 Å². The van der Waals surface area contributed by atoms with Gasteiger partial charge in [0.15, 0.2) is 0 Å². The van der Waals surface area contributed by atoms with Crippen LogP contribution in [0, 0.1) is 5.82 Å². The molecule has 1 aliphatic rings. The highest BCUT2D eigenvalue weighted by molar-refractivity contribution is 6.10. The summed E-state index contributed by atoms with van der Waals surface area (Å²) >= 11 is 0. The maximum absolute atomic E-state index is 13.9. The topological polar surface area (TPSA) is 9.86 Å². The van der Waals surface area contributed by atoms with Crippen molar-refractivity contribution in [3.05, 3.63) is 180 Å². The summed E-state index contributed by atoms with van der Waals surface area (Å²) in [5, 5.41) is 6.26. The maximum atomic E-state index is 13.9. The van der Waals surface area contributed by atoms with Crippen LogP contribution in [0.2, 0.25) is 0 Å². The van der Waals surface area contributed by atoms with E-state index in [0.717, 1.165) is 24.0 Å². The Morgan fingerprint density at radius 3 is 1.88 bits per heavy atom. The van der Waals surface area contributed by atoms with Gasteiger partial charge in [0.25, 0.3) is 0 Å². The van der Waals surface area contributed by atoms with Gasteiger partial charge < -0.3 is 9.13 Å². The van der Waals surface area contributed by atoms with E-state index in [-0.39, 0.29) is 5.82 Å². The van der Waals surface area contributed by atoms with E-state index in [1.807, 2.05) is 12.1 Å². The number of aryl methyl sites for hydroxylation is 1. The van der Waals surface area contributed by atoms with Crippen molar-refractivity contribution in [3.8, 4) is 22.5 Å². The molecule has 0 spiro atoms. The predicted molar refractivity (Wildman–Crippen MR) is 203 cm³/mol. The third-order valence-corrected chi connectivity index (χ3v) is 10.3. The van der Waals surface area contributed by atoms with Gasteiger partial charge in [-0.1, -0.05) is 103 Å². The fourth-order valence-electron chi connectivity index (χ4n) is 7.95. The first-order valence-corrected chi connectivity index (χ1v) is 16.9. The molecule has 0 N–H and O–H groups in total. The van der Waals surface area contributed by atoms with Gasteiger partial charge in [0, 0.05) is 27.5 Å². The van der Waals surface area contributed by atoms with Gasteiger partial charge in [0.2, 0.25) is 0 Å². The van der Waals surface area contributed by atoms with Gasteiger partial charge in [0.1, 0.15) is 5.82 Å². The fourth-order valence-corrected chi connectivity index (χ4v) is 7.95. The Bertz CT molecular complexity index is 2760. The quantitative estimate of drug-likeness (QED) is 0.183. The smallest absolute Gasteiger partial charge is 0.123 e. The predicted octanol–water partition coefficient (Wildman–Crippen LogP) is 12.2. The molecule has 232 valence electrons. The van der Waals surface area contributed by atoms with Gasteiger partial charge in [-0.05, 0) is 112 Å². The number of hydrogen-bond donors (Lipinski definition) is 0. The van der Waals surface area contributed by atoms with Crippen molar-refractivity contribution in [1.82, 2.24) is 9.13 Å². The van der Waals surface area contributed by atoms with Gasteiger partial charge in [0.05, 0.1) is 22.2 Å². The van der Waals surface area contributed by atoms with Gasteiger partial charge in [-0.3, -0.25) is 0 Å². The lowest BCUT2D eigenvalue weighted by atomic mass is 9.90. The summed E-state index contributed by atoms with van der Waals surface area (Å²) in [4.78, 5) is 0. The van der Waals surface area contributed by atoms with Crippen LogP contribution in [0.3, 0.4) is 0 Å². The number of fused-ring (bicyclic) bond motifs is 7. The number of halogens is 1. The minimum Gasteiger partial charge on any atom is -0.310 e. The van der Waals surface area contributed by atoms with Crippen LogP contribution >= 0.6 is 0 Å². The summed E-state index contributed by atoms with van der Waals surface area (Å²) in [7, 11) is 0. The van der Waals surface area contributed by atoms with Crippen molar-refractivity contribution >= 4 is 55.1 Å². The highest BCUT2D eigenvalue weighted by Crippen LogP contribution is 2.40. The van der Waals surface area contributed by atoms with Crippen LogP contribution in [0.5, 0.6) is 0 Å². The van der Waals surface area contributed by atoms with Crippen molar-refractivity contribution in [2.75, 3.05) is 0 Å². The molecule has 2 heterocycles. The Hall–Kier alpha value is -6.19. The fraction of sp³-hybridized carbons (Fsp3) is 0.0435. The van der Waals surface area contributed by atoms with Gasteiger partial charge >= 0.3 is 0 Å². The summed E-state index contributed by atoms with van der Waals surface area (Å²) in [6.45, 7) is 0. The Kier molecular flexibility index (Phi) is 6.22. The summed E-state index contributed by atoms with van der Waals surface area (Å²) in [5.74, 6) is -0.222. The van der Waals surface area contributed by atoms with Crippen LogP contribution in [0.4, 0.5) is 4.39 Å². The number of hydrogen-bond acceptors (Lipinski definition) is 0. The molecule has 0 fully saturated rings. The van der Waals surface area contributed by atoms with Crippen LogP contribution < -0.4 is 0 Å². The van der Waals surface area contributed by atoms with Crippen molar-refractivity contribution in [2.45, 2.75) is 12.8 Å². The summed E-state index contributed by atoms with van der Waals surface area (Å²) < 4.78 is 18.6. The van der Waals surface area contributed by atoms with E-state index in [0.29, 0.717) is 0 Å². The average Bonchev–Trinajstić information content (AvgIpc) is 3.67. The van der Waals surface area contributed by atoms with Crippen molar-refractivity contribution in [1.29, 1.82) is 0 Å². The zero-order chi connectivity index (χ0) is 32.5. The normalized spacial score (nSPS) is 13.0. The first kappa shape index (κ1) is 27.9. The molecule has 0 radical (unpaired) electrons. The second-order valence-corrected chi connectivity index (χ2v) is 13.1. The Labute approximate surface area is 283 Å². The first-order valence-electron chi connectivity index (χ1n) is 16.9. The molecular formula is C46H31FN2. The van der Waals surface area contributed by atoms with E-state index in [1.54, 1.807) is 12.1 Å². The zero-order valence-corrected chi connectivity index (χ0v) is 26.8. The Morgan fingerprint density at radius 1 is 0.429 bits per heavy atom. The zero-order valence-electron chi connectivity index (χ0n) is 26.8. The van der Waals surface area contributed by atoms with E-state index >= 15 is 0 Å². The molecule has 0 unspecified atom stereocenters. The summed E-state index contributed by atoms with van der Waals surface area (Å²) in [6.07, 6.45) is 4.28. The SMILES string of the molecule is Fc1ccc(-n2c3c(c4ccccc42)CCC(c2ccc(-c4ccc5c6ccccc6n(-c6ccc7ccccc7c6)c5c4)cc2)=C3)cc1. The first-order chi connectivity index (χ1) is 24.2. The number of para-hydroxylation sites is 2. The molecule has 0 bridgehead atoms. The van der Waals surface area contributed by atoms with E-state index in [4.69, 9.17) is 0 Å². The average molecular weight is 631 g/mol. The minimum atomic E-state index is -0.222. The lowest BCUT2D eigenvalue weighted by Crippen LogP contribution is -2.03. The standard InChI is InChI=1S/C46H31FN2/c47-36-20-23-37(24-21-36)48-43-11-5-3-9-39(43)41-25-18-34(28-45(41)48)31-13-15-32(16-14-31)35-19-26-42-40-10-4-6-12-44(40)49(46(42)29-35)38-22-17-30-7-1-2-8-33(30)27-38/h1-17,19-24,26-29H,18,25H2. The summed E-state index contributed by atoms with van der Waals surface area (Å²) in [6, 6.07) is 55.3. The van der Waals surface area contributed by atoms with Gasteiger partial charge in [-0.2, -0.15) is 0 Å². The Morgan fingerprint density at radius 2 is 1.06 bits per heavy atom. The molecule has 0 amide bonds. The van der Waals surface area contributed by atoms with Gasteiger partial charge in [-0.15, -0.1) is 0 Å². The third-order valence-electron chi connectivity index (χ3n) is 10.3. The maximum Gasteiger partial charge on any atom is 0.123 e. The highest BCUT2D eigenvalue weighted by atomic mass is 19.1. The van der Waals surface area contributed by atoms with Crippen molar-refractivity contribution in [2.24, 2.45) is 0 Å². The third kappa shape index (κ3) is 4.47. The molecule has 9 aromatic rings. The lowest BCUT2D eigenvalue weighted by Gasteiger charge is -2.17. The number of benzene rings is 7. The van der Waals surface area contributed by atoms with E-state index in [9.17, 15) is 4.39 Å². The molecule has 2 nitrogen and oxygen atoms in total. The molecule has 0 aliphatic heterocycles. The van der Waals surface area contributed by atoms with Crippen LogP contribution in [-0.2, 0) is 6.42 Å².